The summed E-state index contributed by atoms with van der Waals surface area (Å²) in [5, 5.41) is 1.00. The van der Waals surface area contributed by atoms with Crippen molar-refractivity contribution in [2.75, 3.05) is 0 Å². The number of esters is 1. The molecule has 0 aliphatic heterocycles. The summed E-state index contributed by atoms with van der Waals surface area (Å²) in [4.78, 5) is 11.4. The second-order valence-corrected chi connectivity index (χ2v) is 5.15. The van der Waals surface area contributed by atoms with E-state index in [-0.39, 0.29) is 49.1 Å². The van der Waals surface area contributed by atoms with E-state index in [0.29, 0.717) is 22.4 Å². The number of ether oxygens (including phenoxy) is 2. The number of para-hydroxylation sites is 1. The second kappa shape index (κ2) is 9.43. The van der Waals surface area contributed by atoms with Gasteiger partial charge in [-0.15, -0.1) is 0 Å². The predicted molar refractivity (Wildman–Crippen MR) is 84.3 cm³/mol. The van der Waals surface area contributed by atoms with Crippen LogP contribution >= 0.6 is 23.2 Å². The molecule has 0 radical (unpaired) electrons. The van der Waals surface area contributed by atoms with Gasteiger partial charge in [0, 0.05) is 11.4 Å². The molecule has 0 heterocycles. The molecule has 0 spiro atoms. The van der Waals surface area contributed by atoms with Crippen LogP contribution in [-0.2, 0) is 11.4 Å². The van der Waals surface area contributed by atoms with Crippen LogP contribution in [0.25, 0.3) is 0 Å². The molecule has 6 heteroatoms. The molecule has 2 rings (SSSR count). The van der Waals surface area contributed by atoms with E-state index in [1.165, 1.54) is 0 Å². The van der Waals surface area contributed by atoms with Crippen molar-refractivity contribution in [2.45, 2.75) is 20.0 Å². The molecular weight excluding hydrogens is 334 g/mol. The van der Waals surface area contributed by atoms with Gasteiger partial charge in [-0.2, -0.15) is 0 Å². The van der Waals surface area contributed by atoms with Gasteiger partial charge in [0.25, 0.3) is 0 Å². The molecule has 0 fully saturated rings. The zero-order valence-electron chi connectivity index (χ0n) is 13.4. The van der Waals surface area contributed by atoms with E-state index in [9.17, 15) is 4.79 Å². The molecule has 0 saturated heterocycles. The SMILES string of the molecule is CCC(=O)Oc1c(Cl)cccc1OCc1ccc(Cl)cc1.[H-].[Na+]. The van der Waals surface area contributed by atoms with Gasteiger partial charge in [-0.05, 0) is 29.8 Å². The summed E-state index contributed by atoms with van der Waals surface area (Å²) in [7, 11) is 0. The van der Waals surface area contributed by atoms with Gasteiger partial charge in [-0.25, -0.2) is 0 Å². The number of rotatable bonds is 5. The standard InChI is InChI=1S/C16H14Cl2O3.Na.H/c1-2-15(19)21-16-13(18)4-3-5-14(16)20-10-11-6-8-12(17)9-7-11;;/h3-9H,2,10H2,1H3;;/q;+1;-1. The molecule has 0 bridgehead atoms. The van der Waals surface area contributed by atoms with E-state index in [1.54, 1.807) is 37.3 Å². The van der Waals surface area contributed by atoms with Crippen LogP contribution in [0.2, 0.25) is 10.0 Å². The van der Waals surface area contributed by atoms with Gasteiger partial charge in [0.2, 0.25) is 0 Å². The smallest absolute Gasteiger partial charge is 1.00 e. The third kappa shape index (κ3) is 5.49. The maximum Gasteiger partial charge on any atom is 1.00 e. The molecule has 0 N–H and O–H groups in total. The van der Waals surface area contributed by atoms with Crippen molar-refractivity contribution in [3.63, 3.8) is 0 Å². The zero-order valence-corrected chi connectivity index (χ0v) is 15.9. The van der Waals surface area contributed by atoms with Crippen LogP contribution in [-0.4, -0.2) is 5.97 Å². The van der Waals surface area contributed by atoms with E-state index < -0.39 is 0 Å². The van der Waals surface area contributed by atoms with Crippen LogP contribution in [0.5, 0.6) is 11.5 Å². The van der Waals surface area contributed by atoms with Gasteiger partial charge in [-0.3, -0.25) is 4.79 Å². The van der Waals surface area contributed by atoms with Crippen LogP contribution in [0.1, 0.15) is 20.3 Å². The third-order valence-corrected chi connectivity index (χ3v) is 3.29. The van der Waals surface area contributed by atoms with E-state index in [4.69, 9.17) is 32.7 Å². The summed E-state index contributed by atoms with van der Waals surface area (Å²) in [5.74, 6) is 0.318. The largest absolute Gasteiger partial charge is 1.00 e. The van der Waals surface area contributed by atoms with Crippen LogP contribution in [0.15, 0.2) is 42.5 Å². The maximum absolute atomic E-state index is 11.4. The van der Waals surface area contributed by atoms with Crippen molar-refractivity contribution in [3.05, 3.63) is 58.1 Å². The number of hydrogen-bond donors (Lipinski definition) is 0. The molecule has 3 nitrogen and oxygen atoms in total. The van der Waals surface area contributed by atoms with Crippen LogP contribution in [0.3, 0.4) is 0 Å². The molecular formula is C16H15Cl2NaO3. The first-order valence-corrected chi connectivity index (χ1v) is 7.22. The Labute approximate surface area is 163 Å². The van der Waals surface area contributed by atoms with Crippen molar-refractivity contribution >= 4 is 29.2 Å². The van der Waals surface area contributed by atoms with Crippen molar-refractivity contribution < 1.29 is 45.3 Å². The molecule has 0 aromatic heterocycles. The molecule has 2 aromatic rings. The first kappa shape index (κ1) is 19.3. The Bertz CT molecular complexity index is 636. The van der Waals surface area contributed by atoms with Gasteiger partial charge in [-0.1, -0.05) is 48.3 Å². The molecule has 0 aliphatic carbocycles. The summed E-state index contributed by atoms with van der Waals surface area (Å²) >= 11 is 11.9. The first-order chi connectivity index (χ1) is 10.1. The van der Waals surface area contributed by atoms with Gasteiger partial charge in [0.1, 0.15) is 6.61 Å². The quantitative estimate of drug-likeness (QED) is 0.471. The zero-order chi connectivity index (χ0) is 15.2. The van der Waals surface area contributed by atoms with Crippen molar-refractivity contribution in [1.29, 1.82) is 0 Å². The fourth-order valence-electron chi connectivity index (χ4n) is 1.63. The van der Waals surface area contributed by atoms with Crippen LogP contribution < -0.4 is 39.0 Å². The summed E-state index contributed by atoms with van der Waals surface area (Å²) in [5.41, 5.74) is 0.951. The minimum absolute atomic E-state index is 0. The average molecular weight is 349 g/mol. The van der Waals surface area contributed by atoms with Crippen LogP contribution in [0, 0.1) is 0 Å². The number of benzene rings is 2. The molecule has 112 valence electrons. The molecule has 22 heavy (non-hydrogen) atoms. The van der Waals surface area contributed by atoms with Crippen LogP contribution in [0.4, 0.5) is 0 Å². The fourth-order valence-corrected chi connectivity index (χ4v) is 1.96. The van der Waals surface area contributed by atoms with E-state index in [1.807, 2.05) is 12.1 Å². The molecule has 0 aliphatic rings. The summed E-state index contributed by atoms with van der Waals surface area (Å²) in [6, 6.07) is 12.4. The molecule has 0 amide bonds. The minimum atomic E-state index is -0.362. The van der Waals surface area contributed by atoms with E-state index in [0.717, 1.165) is 5.56 Å². The first-order valence-electron chi connectivity index (χ1n) is 6.46. The normalized spacial score (nSPS) is 9.77. The predicted octanol–water partition coefficient (Wildman–Crippen LogP) is 2.00. The van der Waals surface area contributed by atoms with Crippen molar-refractivity contribution in [2.24, 2.45) is 0 Å². The Morgan fingerprint density at radius 1 is 1.14 bits per heavy atom. The van der Waals surface area contributed by atoms with Gasteiger partial charge in [0.15, 0.2) is 11.5 Å². The van der Waals surface area contributed by atoms with Crippen molar-refractivity contribution in [3.8, 4) is 11.5 Å². The third-order valence-electron chi connectivity index (χ3n) is 2.74. The second-order valence-electron chi connectivity index (χ2n) is 4.31. The molecule has 0 unspecified atom stereocenters. The maximum atomic E-state index is 11.4. The summed E-state index contributed by atoms with van der Waals surface area (Å²) in [6.45, 7) is 2.04. The van der Waals surface area contributed by atoms with E-state index in [2.05, 4.69) is 0 Å². The Hall–Kier alpha value is -0.710. The van der Waals surface area contributed by atoms with Crippen molar-refractivity contribution in [1.82, 2.24) is 0 Å². The number of carbonyl (C=O) groups is 1. The Balaban J connectivity index is 0.00000242. The van der Waals surface area contributed by atoms with Gasteiger partial charge in [0.05, 0.1) is 5.02 Å². The monoisotopic (exact) mass is 348 g/mol. The number of carbonyl (C=O) groups excluding carboxylic acids is 1. The Morgan fingerprint density at radius 2 is 1.82 bits per heavy atom. The topological polar surface area (TPSA) is 35.5 Å². The Morgan fingerprint density at radius 3 is 2.45 bits per heavy atom. The summed E-state index contributed by atoms with van der Waals surface area (Å²) < 4.78 is 10.9. The molecule has 0 saturated carbocycles. The number of halogens is 2. The van der Waals surface area contributed by atoms with Gasteiger partial charge >= 0.3 is 35.5 Å². The average Bonchev–Trinajstić information content (AvgIpc) is 2.49. The molecule has 2 aromatic carbocycles. The molecule has 0 atom stereocenters. The Kier molecular flexibility index (Phi) is 8.29. The minimum Gasteiger partial charge on any atom is -1.00 e. The fraction of sp³-hybridized carbons (Fsp3) is 0.188. The van der Waals surface area contributed by atoms with Gasteiger partial charge < -0.3 is 10.9 Å². The van der Waals surface area contributed by atoms with E-state index >= 15 is 0 Å². The summed E-state index contributed by atoms with van der Waals surface area (Å²) in [6.07, 6.45) is 0.266. The number of hydrogen-bond acceptors (Lipinski definition) is 3.